The van der Waals surface area contributed by atoms with Crippen molar-refractivity contribution < 1.29 is 32.3 Å². The summed E-state index contributed by atoms with van der Waals surface area (Å²) >= 11 is 1.22. The van der Waals surface area contributed by atoms with Crippen LogP contribution in [0.2, 0.25) is 0 Å². The number of ether oxygens (including phenoxy) is 2. The van der Waals surface area contributed by atoms with Crippen molar-refractivity contribution in [3.8, 4) is 0 Å². The number of sulfonamides is 1. The van der Waals surface area contributed by atoms with Gasteiger partial charge in [0.1, 0.15) is 5.00 Å². The van der Waals surface area contributed by atoms with Gasteiger partial charge in [-0.2, -0.15) is 4.31 Å². The number of nitrogens with zero attached hydrogens (tertiary/aromatic N) is 2. The maximum absolute atomic E-state index is 13.1. The SMILES string of the molecule is CCOC(=O)c1c(NC(=O)c2ccc(S(=O)(=O)N3CCCCCC3)cc2)sc2c1CCN(C(=O)OCC)C2. The molecule has 12 heteroatoms. The maximum Gasteiger partial charge on any atom is 0.410 e. The predicted octanol–water partition coefficient (Wildman–Crippen LogP) is 4.26. The summed E-state index contributed by atoms with van der Waals surface area (Å²) in [6.07, 6.45) is 3.72. The second-order valence-corrected chi connectivity index (χ2v) is 12.1. The second-order valence-electron chi connectivity index (χ2n) is 9.10. The van der Waals surface area contributed by atoms with Crippen molar-refractivity contribution in [2.24, 2.45) is 0 Å². The summed E-state index contributed by atoms with van der Waals surface area (Å²) in [4.78, 5) is 40.6. The molecule has 4 rings (SSSR count). The Morgan fingerprint density at radius 3 is 2.24 bits per heavy atom. The maximum atomic E-state index is 13.1. The monoisotopic (exact) mass is 563 g/mol. The number of benzene rings is 1. The van der Waals surface area contributed by atoms with Crippen molar-refractivity contribution >= 4 is 44.3 Å². The highest BCUT2D eigenvalue weighted by molar-refractivity contribution is 7.89. The summed E-state index contributed by atoms with van der Waals surface area (Å²) in [5.74, 6) is -1.01. The average molecular weight is 564 g/mol. The molecule has 3 heterocycles. The van der Waals surface area contributed by atoms with E-state index in [1.54, 1.807) is 18.7 Å². The number of nitrogens with one attached hydrogen (secondary N) is 1. The van der Waals surface area contributed by atoms with E-state index in [0.717, 1.165) is 36.1 Å². The number of esters is 1. The van der Waals surface area contributed by atoms with Crippen LogP contribution in [0.25, 0.3) is 0 Å². The fourth-order valence-electron chi connectivity index (χ4n) is 4.67. The number of amides is 2. The lowest BCUT2D eigenvalue weighted by Crippen LogP contribution is -2.36. The van der Waals surface area contributed by atoms with Crippen molar-refractivity contribution in [1.29, 1.82) is 0 Å². The molecule has 0 bridgehead atoms. The van der Waals surface area contributed by atoms with Crippen LogP contribution in [0.1, 0.15) is 70.7 Å². The van der Waals surface area contributed by atoms with E-state index in [1.807, 2.05) is 0 Å². The topological polar surface area (TPSA) is 122 Å². The number of anilines is 1. The van der Waals surface area contributed by atoms with Gasteiger partial charge in [0.2, 0.25) is 10.0 Å². The van der Waals surface area contributed by atoms with Crippen LogP contribution >= 0.6 is 11.3 Å². The van der Waals surface area contributed by atoms with E-state index < -0.39 is 28.0 Å². The molecule has 0 spiro atoms. The number of fused-ring (bicyclic) bond motifs is 1. The Bertz CT molecular complexity index is 1280. The molecule has 38 heavy (non-hydrogen) atoms. The molecule has 2 aliphatic rings. The quantitative estimate of drug-likeness (QED) is 0.500. The molecule has 0 aliphatic carbocycles. The summed E-state index contributed by atoms with van der Waals surface area (Å²) in [5, 5.41) is 3.14. The molecule has 1 N–H and O–H groups in total. The largest absolute Gasteiger partial charge is 0.462 e. The predicted molar refractivity (Wildman–Crippen MR) is 143 cm³/mol. The van der Waals surface area contributed by atoms with E-state index in [1.165, 1.54) is 39.9 Å². The Morgan fingerprint density at radius 1 is 0.947 bits per heavy atom. The molecule has 1 fully saturated rings. The Labute approximate surface area is 226 Å². The van der Waals surface area contributed by atoms with Crippen molar-refractivity contribution in [3.63, 3.8) is 0 Å². The molecule has 10 nitrogen and oxygen atoms in total. The summed E-state index contributed by atoms with van der Waals surface area (Å²) < 4.78 is 38.0. The molecule has 0 unspecified atom stereocenters. The van der Waals surface area contributed by atoms with Gasteiger partial charge in [-0.3, -0.25) is 4.79 Å². The Balaban J connectivity index is 1.55. The minimum Gasteiger partial charge on any atom is -0.462 e. The van der Waals surface area contributed by atoms with Crippen molar-refractivity contribution in [1.82, 2.24) is 9.21 Å². The van der Waals surface area contributed by atoms with Gasteiger partial charge >= 0.3 is 12.1 Å². The van der Waals surface area contributed by atoms with E-state index in [-0.39, 0.29) is 30.2 Å². The zero-order chi connectivity index (χ0) is 27.3. The summed E-state index contributed by atoms with van der Waals surface area (Å²) in [6.45, 7) is 5.54. The molecular weight excluding hydrogens is 530 g/mol. The number of carbonyl (C=O) groups is 3. The first-order chi connectivity index (χ1) is 18.3. The number of hydrogen-bond acceptors (Lipinski definition) is 8. The highest BCUT2D eigenvalue weighted by Crippen LogP contribution is 2.38. The smallest absolute Gasteiger partial charge is 0.410 e. The minimum absolute atomic E-state index is 0.147. The van der Waals surface area contributed by atoms with Gasteiger partial charge in [-0.25, -0.2) is 18.0 Å². The van der Waals surface area contributed by atoms with E-state index in [2.05, 4.69) is 5.32 Å². The zero-order valence-corrected chi connectivity index (χ0v) is 23.3. The van der Waals surface area contributed by atoms with E-state index in [0.29, 0.717) is 36.6 Å². The molecule has 2 aromatic rings. The van der Waals surface area contributed by atoms with Gasteiger partial charge < -0.3 is 19.7 Å². The summed E-state index contributed by atoms with van der Waals surface area (Å²) in [6, 6.07) is 5.83. The van der Waals surface area contributed by atoms with Crippen LogP contribution in [-0.4, -0.2) is 68.4 Å². The van der Waals surface area contributed by atoms with Gasteiger partial charge in [-0.05, 0) is 62.9 Å². The van der Waals surface area contributed by atoms with E-state index in [9.17, 15) is 22.8 Å². The molecular formula is C26H33N3O7S2. The summed E-state index contributed by atoms with van der Waals surface area (Å²) in [5.41, 5.74) is 1.31. The van der Waals surface area contributed by atoms with Crippen LogP contribution in [-0.2, 0) is 32.5 Å². The van der Waals surface area contributed by atoms with Crippen molar-refractivity contribution in [2.75, 3.05) is 38.2 Å². The fourth-order valence-corrected chi connectivity index (χ4v) is 7.43. The summed E-state index contributed by atoms with van der Waals surface area (Å²) in [7, 11) is -3.63. The van der Waals surface area contributed by atoms with Gasteiger partial charge in [0.15, 0.2) is 0 Å². The van der Waals surface area contributed by atoms with Crippen LogP contribution in [0.15, 0.2) is 29.2 Å². The molecule has 206 valence electrons. The minimum atomic E-state index is -3.63. The van der Waals surface area contributed by atoms with Crippen LogP contribution in [0.5, 0.6) is 0 Å². The first-order valence-electron chi connectivity index (χ1n) is 12.9. The lowest BCUT2D eigenvalue weighted by atomic mass is 10.0. The van der Waals surface area contributed by atoms with E-state index >= 15 is 0 Å². The Morgan fingerprint density at radius 2 is 1.61 bits per heavy atom. The van der Waals surface area contributed by atoms with Gasteiger partial charge in [0.05, 0.1) is 30.2 Å². The number of carbonyl (C=O) groups excluding carboxylic acids is 3. The first kappa shape index (κ1) is 28.1. The van der Waals surface area contributed by atoms with Crippen LogP contribution in [0.3, 0.4) is 0 Å². The third kappa shape index (κ3) is 6.02. The van der Waals surface area contributed by atoms with Crippen LogP contribution in [0, 0.1) is 0 Å². The zero-order valence-electron chi connectivity index (χ0n) is 21.7. The molecule has 2 amide bonds. The first-order valence-corrected chi connectivity index (χ1v) is 15.2. The molecule has 0 radical (unpaired) electrons. The van der Waals surface area contributed by atoms with Crippen molar-refractivity contribution in [3.05, 3.63) is 45.8 Å². The van der Waals surface area contributed by atoms with Crippen LogP contribution in [0.4, 0.5) is 9.80 Å². The van der Waals surface area contributed by atoms with Gasteiger partial charge in [0, 0.05) is 30.1 Å². The molecule has 1 aromatic carbocycles. The molecule has 1 saturated heterocycles. The normalized spacial score (nSPS) is 16.3. The molecule has 2 aliphatic heterocycles. The number of thiophene rings is 1. The standard InChI is InChI=1S/C26H33N3O7S2/c1-3-35-25(31)22-20-13-16-28(26(32)36-4-2)17-21(20)37-24(22)27-23(30)18-9-11-19(12-10-18)38(33,34)29-14-7-5-6-8-15-29/h9-12H,3-8,13-17H2,1-2H3,(H,27,30). The Kier molecular flexibility index (Phi) is 9.06. The molecule has 0 atom stereocenters. The highest BCUT2D eigenvalue weighted by atomic mass is 32.2. The second kappa shape index (κ2) is 12.3. The molecule has 0 saturated carbocycles. The fraction of sp³-hybridized carbons (Fsp3) is 0.500. The van der Waals surface area contributed by atoms with Gasteiger partial charge in [-0.15, -0.1) is 11.3 Å². The molecule has 1 aromatic heterocycles. The van der Waals surface area contributed by atoms with Crippen molar-refractivity contribution in [2.45, 2.75) is 57.4 Å². The average Bonchev–Trinajstić information content (AvgIpc) is 3.05. The van der Waals surface area contributed by atoms with Gasteiger partial charge in [0.25, 0.3) is 5.91 Å². The van der Waals surface area contributed by atoms with E-state index in [4.69, 9.17) is 9.47 Å². The highest BCUT2D eigenvalue weighted by Gasteiger charge is 2.32. The lowest BCUT2D eigenvalue weighted by molar-refractivity contribution is 0.0526. The van der Waals surface area contributed by atoms with Crippen LogP contribution < -0.4 is 5.32 Å². The third-order valence-corrected chi connectivity index (χ3v) is 9.65. The number of rotatable bonds is 7. The lowest BCUT2D eigenvalue weighted by Gasteiger charge is -2.26. The third-order valence-electron chi connectivity index (χ3n) is 6.61. The number of hydrogen-bond donors (Lipinski definition) is 1. The van der Waals surface area contributed by atoms with Gasteiger partial charge in [-0.1, -0.05) is 12.8 Å². The Hall–Kier alpha value is -2.96.